The fraction of sp³-hybridized carbons (Fsp3) is 0.545. The van der Waals surface area contributed by atoms with Gasteiger partial charge in [-0.25, -0.2) is 0 Å². The van der Waals surface area contributed by atoms with Crippen molar-refractivity contribution in [2.24, 2.45) is 0 Å². The maximum absolute atomic E-state index is 11.6. The summed E-state index contributed by atoms with van der Waals surface area (Å²) in [5.74, 6) is 0.408. The molecule has 0 fully saturated rings. The molecule has 0 saturated carbocycles. The quantitative estimate of drug-likeness (QED) is 0.566. The first-order valence-corrected chi connectivity index (χ1v) is 7.56. The van der Waals surface area contributed by atoms with Crippen LogP contribution in [-0.4, -0.2) is 34.4 Å². The molecule has 1 amide bonds. The first-order chi connectivity index (χ1) is 8.65. The lowest BCUT2D eigenvalue weighted by Crippen LogP contribution is -2.33. The smallest absolute Gasteiger partial charge is 0.230 e. The van der Waals surface area contributed by atoms with E-state index >= 15 is 0 Å². The third kappa shape index (κ3) is 5.50. The van der Waals surface area contributed by atoms with Gasteiger partial charge in [-0.05, 0) is 13.3 Å². The molecule has 1 aromatic heterocycles. The SMILES string of the molecule is C=CCNc1nnc(SCC(=O)N[C@H](C)CC)s1. The molecule has 0 aliphatic rings. The summed E-state index contributed by atoms with van der Waals surface area (Å²) in [4.78, 5) is 11.6. The Morgan fingerprint density at radius 2 is 2.39 bits per heavy atom. The van der Waals surface area contributed by atoms with Crippen molar-refractivity contribution < 1.29 is 4.79 Å². The average molecular weight is 286 g/mol. The highest BCUT2D eigenvalue weighted by atomic mass is 32.2. The van der Waals surface area contributed by atoms with Gasteiger partial charge < -0.3 is 10.6 Å². The largest absolute Gasteiger partial charge is 0.357 e. The molecular formula is C11H18N4OS2. The monoisotopic (exact) mass is 286 g/mol. The van der Waals surface area contributed by atoms with Crippen LogP contribution in [0.2, 0.25) is 0 Å². The van der Waals surface area contributed by atoms with Gasteiger partial charge in [0.2, 0.25) is 11.0 Å². The Bertz CT molecular complexity index is 394. The van der Waals surface area contributed by atoms with Crippen LogP contribution in [0.3, 0.4) is 0 Å². The van der Waals surface area contributed by atoms with Crippen LogP contribution < -0.4 is 10.6 Å². The topological polar surface area (TPSA) is 66.9 Å². The van der Waals surface area contributed by atoms with E-state index in [1.54, 1.807) is 6.08 Å². The van der Waals surface area contributed by atoms with Gasteiger partial charge >= 0.3 is 0 Å². The van der Waals surface area contributed by atoms with E-state index in [1.165, 1.54) is 23.1 Å². The summed E-state index contributed by atoms with van der Waals surface area (Å²) in [6.45, 7) is 8.31. The minimum absolute atomic E-state index is 0.0325. The molecule has 1 rings (SSSR count). The van der Waals surface area contributed by atoms with E-state index < -0.39 is 0 Å². The van der Waals surface area contributed by atoms with Crippen molar-refractivity contribution in [3.05, 3.63) is 12.7 Å². The molecule has 2 N–H and O–H groups in total. The van der Waals surface area contributed by atoms with Crippen molar-refractivity contribution in [1.29, 1.82) is 0 Å². The maximum atomic E-state index is 11.6. The second kappa shape index (κ2) is 8.10. The third-order valence-electron chi connectivity index (χ3n) is 2.15. The van der Waals surface area contributed by atoms with Gasteiger partial charge in [-0.1, -0.05) is 36.1 Å². The van der Waals surface area contributed by atoms with Gasteiger partial charge in [0.1, 0.15) is 0 Å². The molecule has 7 heteroatoms. The lowest BCUT2D eigenvalue weighted by atomic mass is 10.3. The molecule has 0 radical (unpaired) electrons. The van der Waals surface area contributed by atoms with E-state index in [9.17, 15) is 4.79 Å². The highest BCUT2D eigenvalue weighted by Crippen LogP contribution is 2.25. The van der Waals surface area contributed by atoms with Gasteiger partial charge in [0.05, 0.1) is 5.75 Å². The molecule has 0 spiro atoms. The summed E-state index contributed by atoms with van der Waals surface area (Å²) < 4.78 is 0.792. The second-order valence-electron chi connectivity index (χ2n) is 3.71. The Kier molecular flexibility index (Phi) is 6.74. The number of hydrogen-bond acceptors (Lipinski definition) is 6. The zero-order valence-corrected chi connectivity index (χ0v) is 12.2. The Morgan fingerprint density at radius 3 is 3.06 bits per heavy atom. The fourth-order valence-electron chi connectivity index (χ4n) is 1.04. The van der Waals surface area contributed by atoms with Crippen LogP contribution in [-0.2, 0) is 4.79 Å². The zero-order valence-electron chi connectivity index (χ0n) is 10.6. The number of carbonyl (C=O) groups excluding carboxylic acids is 1. The molecule has 0 aliphatic heterocycles. The molecule has 0 bridgehead atoms. The number of anilines is 1. The third-order valence-corrected chi connectivity index (χ3v) is 4.16. The minimum atomic E-state index is 0.0325. The fourth-order valence-corrected chi connectivity index (χ4v) is 2.61. The normalized spacial score (nSPS) is 11.9. The van der Waals surface area contributed by atoms with Crippen molar-refractivity contribution in [2.75, 3.05) is 17.6 Å². The second-order valence-corrected chi connectivity index (χ2v) is 5.91. The Labute approximate surface area is 115 Å². The highest BCUT2D eigenvalue weighted by molar-refractivity contribution is 8.01. The van der Waals surface area contributed by atoms with E-state index in [0.717, 1.165) is 15.9 Å². The summed E-state index contributed by atoms with van der Waals surface area (Å²) in [7, 11) is 0. The minimum Gasteiger partial charge on any atom is -0.357 e. The molecule has 0 unspecified atom stereocenters. The first-order valence-electron chi connectivity index (χ1n) is 5.76. The number of nitrogens with zero attached hydrogens (tertiary/aromatic N) is 2. The average Bonchev–Trinajstić information content (AvgIpc) is 2.81. The van der Waals surface area contributed by atoms with E-state index in [2.05, 4.69) is 27.4 Å². The number of aromatic nitrogens is 2. The van der Waals surface area contributed by atoms with Crippen LogP contribution in [0.15, 0.2) is 17.0 Å². The van der Waals surface area contributed by atoms with E-state index in [4.69, 9.17) is 0 Å². The maximum Gasteiger partial charge on any atom is 0.230 e. The van der Waals surface area contributed by atoms with Gasteiger partial charge in [0, 0.05) is 12.6 Å². The zero-order chi connectivity index (χ0) is 13.4. The Morgan fingerprint density at radius 1 is 1.61 bits per heavy atom. The molecule has 0 saturated heterocycles. The first kappa shape index (κ1) is 15.0. The lowest BCUT2D eigenvalue weighted by molar-refractivity contribution is -0.119. The van der Waals surface area contributed by atoms with Crippen LogP contribution in [0.5, 0.6) is 0 Å². The number of rotatable bonds is 8. The Balaban J connectivity index is 2.32. The number of hydrogen-bond donors (Lipinski definition) is 2. The molecule has 5 nitrogen and oxygen atoms in total. The molecule has 0 aliphatic carbocycles. The number of amides is 1. The van der Waals surface area contributed by atoms with E-state index in [-0.39, 0.29) is 11.9 Å². The van der Waals surface area contributed by atoms with Crippen molar-refractivity contribution in [2.45, 2.75) is 30.6 Å². The van der Waals surface area contributed by atoms with E-state index in [0.29, 0.717) is 12.3 Å². The summed E-state index contributed by atoms with van der Waals surface area (Å²) in [6.07, 6.45) is 2.69. The molecule has 1 heterocycles. The molecule has 0 aromatic carbocycles. The molecule has 18 heavy (non-hydrogen) atoms. The number of thioether (sulfide) groups is 1. The van der Waals surface area contributed by atoms with Crippen LogP contribution in [0.4, 0.5) is 5.13 Å². The summed E-state index contributed by atoms with van der Waals surface area (Å²) in [6, 6.07) is 0.220. The summed E-state index contributed by atoms with van der Waals surface area (Å²) >= 11 is 2.84. The number of nitrogens with one attached hydrogen (secondary N) is 2. The van der Waals surface area contributed by atoms with Gasteiger partial charge in [0.25, 0.3) is 0 Å². The predicted octanol–water partition coefficient (Wildman–Crippen LogP) is 2.14. The van der Waals surface area contributed by atoms with Crippen molar-refractivity contribution in [3.8, 4) is 0 Å². The van der Waals surface area contributed by atoms with Crippen LogP contribution >= 0.6 is 23.1 Å². The predicted molar refractivity (Wildman–Crippen MR) is 77.2 cm³/mol. The van der Waals surface area contributed by atoms with Crippen molar-refractivity contribution in [3.63, 3.8) is 0 Å². The van der Waals surface area contributed by atoms with Crippen LogP contribution in [0.1, 0.15) is 20.3 Å². The van der Waals surface area contributed by atoms with Gasteiger partial charge in [-0.2, -0.15) is 0 Å². The molecule has 1 aromatic rings. The van der Waals surface area contributed by atoms with E-state index in [1.807, 2.05) is 13.8 Å². The standard InChI is InChI=1S/C11H18N4OS2/c1-4-6-12-10-14-15-11(18-10)17-7-9(16)13-8(3)5-2/h4,8H,1,5-7H2,2-3H3,(H,12,14)(H,13,16)/t8-/m1/s1. The van der Waals surface area contributed by atoms with Gasteiger partial charge in [-0.15, -0.1) is 16.8 Å². The lowest BCUT2D eigenvalue weighted by Gasteiger charge is -2.09. The van der Waals surface area contributed by atoms with Gasteiger partial charge in [-0.3, -0.25) is 4.79 Å². The molecule has 1 atom stereocenters. The van der Waals surface area contributed by atoms with Crippen LogP contribution in [0.25, 0.3) is 0 Å². The summed E-state index contributed by atoms with van der Waals surface area (Å²) in [5, 5.41) is 14.7. The Hall–Kier alpha value is -1.08. The van der Waals surface area contributed by atoms with Crippen molar-refractivity contribution >= 4 is 34.1 Å². The summed E-state index contributed by atoms with van der Waals surface area (Å²) in [5.41, 5.74) is 0. The number of carbonyl (C=O) groups is 1. The molecular weight excluding hydrogens is 268 g/mol. The van der Waals surface area contributed by atoms with Crippen LogP contribution in [0, 0.1) is 0 Å². The molecule has 100 valence electrons. The highest BCUT2D eigenvalue weighted by Gasteiger charge is 2.09. The van der Waals surface area contributed by atoms with Crippen molar-refractivity contribution in [1.82, 2.24) is 15.5 Å². The van der Waals surface area contributed by atoms with Gasteiger partial charge in [0.15, 0.2) is 4.34 Å².